The van der Waals surface area contributed by atoms with Crippen LogP contribution in [0.1, 0.15) is 6.92 Å². The normalized spacial score (nSPS) is 12.1. The van der Waals surface area contributed by atoms with E-state index in [4.69, 9.17) is 21.9 Å². The molecule has 7 nitrogen and oxygen atoms in total. The zero-order chi connectivity index (χ0) is 17.1. The first-order valence-corrected chi connectivity index (χ1v) is 8.28. The Morgan fingerprint density at radius 2 is 2.21 bits per heavy atom. The maximum Gasteiger partial charge on any atom is 0.237 e. The number of carbonyl (C=O) groups is 1. The van der Waals surface area contributed by atoms with Gasteiger partial charge < -0.3 is 15.6 Å². The van der Waals surface area contributed by atoms with Gasteiger partial charge in [0.25, 0.3) is 0 Å². The fraction of sp³-hybridized carbons (Fsp3) is 0.133. The number of anilines is 1. The van der Waals surface area contributed by atoms with Crippen LogP contribution < -0.4 is 11.2 Å². The van der Waals surface area contributed by atoms with Crippen LogP contribution in [0.2, 0.25) is 5.02 Å². The molecule has 0 saturated carbocycles. The molecule has 9 heteroatoms. The van der Waals surface area contributed by atoms with Crippen LogP contribution in [-0.2, 0) is 4.79 Å². The van der Waals surface area contributed by atoms with Gasteiger partial charge in [-0.1, -0.05) is 29.4 Å². The van der Waals surface area contributed by atoms with Crippen molar-refractivity contribution in [1.82, 2.24) is 14.9 Å². The first kappa shape index (κ1) is 16.4. The number of nitrogens with two attached hydrogens (primary N) is 1. The van der Waals surface area contributed by atoms with E-state index >= 15 is 0 Å². The smallest absolute Gasteiger partial charge is 0.237 e. The molecule has 2 aromatic heterocycles. The summed E-state index contributed by atoms with van der Waals surface area (Å²) in [6, 6.07) is 10.4. The third-order valence-corrected chi connectivity index (χ3v) is 4.44. The van der Waals surface area contributed by atoms with Crippen LogP contribution in [0, 0.1) is 0 Å². The van der Waals surface area contributed by atoms with E-state index in [-0.39, 0.29) is 5.91 Å². The first-order chi connectivity index (χ1) is 11.5. The van der Waals surface area contributed by atoms with Gasteiger partial charge in [-0.15, -0.1) is 10.2 Å². The number of hydrogen-bond donors (Lipinski definition) is 2. The second kappa shape index (κ2) is 6.98. The maximum absolute atomic E-state index is 12.3. The summed E-state index contributed by atoms with van der Waals surface area (Å²) in [5.74, 6) is 6.69. The largest absolute Gasteiger partial charge is 0.461 e. The lowest BCUT2D eigenvalue weighted by Gasteiger charge is -2.11. The summed E-state index contributed by atoms with van der Waals surface area (Å²) < 4.78 is 6.55. The Morgan fingerprint density at radius 3 is 2.92 bits per heavy atom. The molecule has 1 aromatic carbocycles. The summed E-state index contributed by atoms with van der Waals surface area (Å²) >= 11 is 7.10. The molecule has 0 bridgehead atoms. The van der Waals surface area contributed by atoms with Crippen molar-refractivity contribution >= 4 is 35.0 Å². The topological polar surface area (TPSA) is 99.0 Å². The molecule has 1 amide bonds. The summed E-state index contributed by atoms with van der Waals surface area (Å²) in [5.41, 5.74) is 0.630. The van der Waals surface area contributed by atoms with Gasteiger partial charge in [-0.05, 0) is 37.3 Å². The number of amides is 1. The molecule has 1 unspecified atom stereocenters. The predicted molar refractivity (Wildman–Crippen MR) is 93.3 cm³/mol. The molecule has 0 spiro atoms. The fourth-order valence-electron chi connectivity index (χ4n) is 1.95. The monoisotopic (exact) mass is 363 g/mol. The quantitative estimate of drug-likeness (QED) is 0.534. The molecule has 0 radical (unpaired) electrons. The number of nitrogens with zero attached hydrogens (tertiary/aromatic N) is 3. The summed E-state index contributed by atoms with van der Waals surface area (Å²) in [5, 5.41) is 11.3. The van der Waals surface area contributed by atoms with E-state index in [1.807, 2.05) is 0 Å². The zero-order valence-corrected chi connectivity index (χ0v) is 14.2. The average molecular weight is 364 g/mol. The SMILES string of the molecule is CC(Sc1nnc(-c2ccco2)n1N)C(=O)Nc1cccc(Cl)c1. The molecule has 2 heterocycles. The van der Waals surface area contributed by atoms with Gasteiger partial charge in [0.2, 0.25) is 16.9 Å². The number of thioether (sulfide) groups is 1. The standard InChI is InChI=1S/C15H14ClN5O2S/c1-9(14(22)18-11-5-2-4-10(16)8-11)24-15-20-19-13(21(15)17)12-6-3-7-23-12/h2-9H,17H2,1H3,(H,18,22). The van der Waals surface area contributed by atoms with Crippen LogP contribution >= 0.6 is 23.4 Å². The van der Waals surface area contributed by atoms with Crippen LogP contribution in [0.5, 0.6) is 0 Å². The maximum atomic E-state index is 12.3. The van der Waals surface area contributed by atoms with Gasteiger partial charge in [0.05, 0.1) is 11.5 Å². The minimum atomic E-state index is -0.431. The molecule has 1 atom stereocenters. The summed E-state index contributed by atoms with van der Waals surface area (Å²) in [6.45, 7) is 1.76. The van der Waals surface area contributed by atoms with Crippen LogP contribution in [-0.4, -0.2) is 26.0 Å². The highest BCUT2D eigenvalue weighted by Gasteiger charge is 2.20. The van der Waals surface area contributed by atoms with E-state index in [2.05, 4.69) is 15.5 Å². The van der Waals surface area contributed by atoms with Gasteiger partial charge in [-0.2, -0.15) is 0 Å². The molecule has 3 rings (SSSR count). The minimum absolute atomic E-state index is 0.190. The highest BCUT2D eigenvalue weighted by molar-refractivity contribution is 8.00. The lowest BCUT2D eigenvalue weighted by molar-refractivity contribution is -0.115. The van der Waals surface area contributed by atoms with Crippen LogP contribution in [0.4, 0.5) is 5.69 Å². The van der Waals surface area contributed by atoms with Crippen molar-refractivity contribution in [2.45, 2.75) is 17.3 Å². The van der Waals surface area contributed by atoms with Crippen LogP contribution in [0.3, 0.4) is 0 Å². The van der Waals surface area contributed by atoms with E-state index in [0.717, 1.165) is 0 Å². The van der Waals surface area contributed by atoms with E-state index in [0.29, 0.717) is 27.5 Å². The first-order valence-electron chi connectivity index (χ1n) is 7.02. The molecular weight excluding hydrogens is 350 g/mol. The number of furan rings is 1. The van der Waals surface area contributed by atoms with E-state index < -0.39 is 5.25 Å². The molecule has 0 saturated heterocycles. The van der Waals surface area contributed by atoms with Gasteiger partial charge in [0, 0.05) is 10.7 Å². The van der Waals surface area contributed by atoms with Gasteiger partial charge >= 0.3 is 0 Å². The van der Waals surface area contributed by atoms with Crippen molar-refractivity contribution in [3.63, 3.8) is 0 Å². The van der Waals surface area contributed by atoms with Crippen molar-refractivity contribution in [1.29, 1.82) is 0 Å². The molecule has 3 aromatic rings. The molecule has 3 N–H and O–H groups in total. The third-order valence-electron chi connectivity index (χ3n) is 3.15. The Kier molecular flexibility index (Phi) is 4.77. The van der Waals surface area contributed by atoms with Crippen molar-refractivity contribution in [3.8, 4) is 11.6 Å². The van der Waals surface area contributed by atoms with E-state index in [9.17, 15) is 4.79 Å². The number of halogens is 1. The molecule has 0 aliphatic heterocycles. The number of carbonyl (C=O) groups excluding carboxylic acids is 1. The van der Waals surface area contributed by atoms with Crippen molar-refractivity contribution in [3.05, 3.63) is 47.7 Å². The Morgan fingerprint density at radius 1 is 1.38 bits per heavy atom. The average Bonchev–Trinajstić information content (AvgIpc) is 3.18. The molecule has 24 heavy (non-hydrogen) atoms. The number of benzene rings is 1. The Hall–Kier alpha value is -2.45. The molecular formula is C15H14ClN5O2S. The Balaban J connectivity index is 1.68. The molecule has 0 aliphatic carbocycles. The number of aromatic nitrogens is 3. The summed E-state index contributed by atoms with van der Waals surface area (Å²) in [4.78, 5) is 12.3. The highest BCUT2D eigenvalue weighted by atomic mass is 35.5. The predicted octanol–water partition coefficient (Wildman–Crippen LogP) is 3.02. The van der Waals surface area contributed by atoms with Crippen LogP contribution in [0.25, 0.3) is 11.6 Å². The molecule has 0 aliphatic rings. The Labute approximate surface area is 147 Å². The number of nitrogens with one attached hydrogen (secondary N) is 1. The third kappa shape index (κ3) is 3.55. The summed E-state index contributed by atoms with van der Waals surface area (Å²) in [6.07, 6.45) is 1.53. The highest BCUT2D eigenvalue weighted by Crippen LogP contribution is 2.26. The zero-order valence-electron chi connectivity index (χ0n) is 12.6. The van der Waals surface area contributed by atoms with Gasteiger partial charge in [-0.25, -0.2) is 4.68 Å². The minimum Gasteiger partial charge on any atom is -0.461 e. The molecule has 124 valence electrons. The van der Waals surface area contributed by atoms with E-state index in [1.54, 1.807) is 43.3 Å². The van der Waals surface area contributed by atoms with E-state index in [1.165, 1.54) is 22.7 Å². The van der Waals surface area contributed by atoms with Crippen molar-refractivity contribution in [2.24, 2.45) is 0 Å². The van der Waals surface area contributed by atoms with Crippen molar-refractivity contribution < 1.29 is 9.21 Å². The second-order valence-corrected chi connectivity index (χ2v) is 6.66. The molecule has 0 fully saturated rings. The Bertz CT molecular complexity index is 849. The lowest BCUT2D eigenvalue weighted by atomic mass is 10.3. The number of rotatable bonds is 5. The summed E-state index contributed by atoms with van der Waals surface area (Å²) in [7, 11) is 0. The van der Waals surface area contributed by atoms with Gasteiger partial charge in [0.15, 0.2) is 5.76 Å². The number of nitrogen functional groups attached to an aromatic ring is 1. The van der Waals surface area contributed by atoms with Gasteiger partial charge in [-0.3, -0.25) is 4.79 Å². The fourth-order valence-corrected chi connectivity index (χ4v) is 2.91. The lowest BCUT2D eigenvalue weighted by Crippen LogP contribution is -2.23. The van der Waals surface area contributed by atoms with Crippen LogP contribution in [0.15, 0.2) is 52.2 Å². The van der Waals surface area contributed by atoms with Gasteiger partial charge in [0.1, 0.15) is 0 Å². The number of hydrogen-bond acceptors (Lipinski definition) is 6. The van der Waals surface area contributed by atoms with Crippen molar-refractivity contribution in [2.75, 3.05) is 11.2 Å². The second-order valence-electron chi connectivity index (χ2n) is 4.91.